The Hall–Kier alpha value is -0.970. The summed E-state index contributed by atoms with van der Waals surface area (Å²) < 4.78 is 36.2. The van der Waals surface area contributed by atoms with Crippen molar-refractivity contribution in [2.45, 2.75) is 18.6 Å². The fourth-order valence-corrected chi connectivity index (χ4v) is 1.04. The third-order valence-electron chi connectivity index (χ3n) is 1.53. The van der Waals surface area contributed by atoms with Crippen LogP contribution in [0.2, 0.25) is 0 Å². The first-order chi connectivity index (χ1) is 5.39. The molecule has 0 fully saturated rings. The lowest BCUT2D eigenvalue weighted by molar-refractivity contribution is -0.0888. The van der Waals surface area contributed by atoms with Crippen LogP contribution in [0.15, 0.2) is 23.4 Å². The van der Waals surface area contributed by atoms with Gasteiger partial charge in [0.1, 0.15) is 0 Å². The maximum Gasteiger partial charge on any atom is 0.416 e. The summed E-state index contributed by atoms with van der Waals surface area (Å²) in [6.45, 7) is 0. The third-order valence-corrected chi connectivity index (χ3v) is 1.53. The van der Waals surface area contributed by atoms with Crippen LogP contribution in [0, 0.1) is 0 Å². The molecule has 0 aromatic heterocycles. The fourth-order valence-electron chi connectivity index (χ4n) is 1.04. The summed E-state index contributed by atoms with van der Waals surface area (Å²) in [5.74, 6) is 0. The van der Waals surface area contributed by atoms with Crippen LogP contribution in [-0.4, -0.2) is 12.2 Å². The van der Waals surface area contributed by atoms with Gasteiger partial charge in [-0.25, -0.2) is 0 Å². The second-order valence-electron chi connectivity index (χ2n) is 2.71. The summed E-state index contributed by atoms with van der Waals surface area (Å²) in [6.07, 6.45) is -2.15. The number of nitrogens with two attached hydrogens (primary N) is 2. The van der Waals surface area contributed by atoms with Gasteiger partial charge in [0.25, 0.3) is 0 Å². The molecule has 12 heavy (non-hydrogen) atoms. The first kappa shape index (κ1) is 9.12. The maximum absolute atomic E-state index is 12.1. The molecule has 1 aliphatic carbocycles. The summed E-state index contributed by atoms with van der Waals surface area (Å²) in [5, 5.41) is 0. The van der Waals surface area contributed by atoms with Crippen molar-refractivity contribution in [2.24, 2.45) is 11.5 Å². The van der Waals surface area contributed by atoms with Gasteiger partial charge in [-0.05, 0) is 6.08 Å². The lowest BCUT2D eigenvalue weighted by Crippen LogP contribution is -2.27. The topological polar surface area (TPSA) is 52.0 Å². The van der Waals surface area contributed by atoms with Crippen LogP contribution in [0.5, 0.6) is 0 Å². The zero-order valence-corrected chi connectivity index (χ0v) is 6.23. The van der Waals surface area contributed by atoms with E-state index in [9.17, 15) is 13.2 Å². The average molecular weight is 178 g/mol. The van der Waals surface area contributed by atoms with Gasteiger partial charge in [-0.3, -0.25) is 0 Å². The molecule has 1 unspecified atom stereocenters. The minimum absolute atomic E-state index is 0.178. The minimum Gasteiger partial charge on any atom is -0.402 e. The van der Waals surface area contributed by atoms with Gasteiger partial charge < -0.3 is 11.5 Å². The van der Waals surface area contributed by atoms with Crippen LogP contribution >= 0.6 is 0 Å². The highest BCUT2D eigenvalue weighted by molar-refractivity contribution is 5.32. The van der Waals surface area contributed by atoms with Gasteiger partial charge in [0, 0.05) is 18.2 Å². The molecule has 0 aromatic rings. The highest BCUT2D eigenvalue weighted by atomic mass is 19.4. The fraction of sp³-hybridized carbons (Fsp3) is 0.429. The van der Waals surface area contributed by atoms with E-state index < -0.39 is 17.8 Å². The van der Waals surface area contributed by atoms with E-state index in [4.69, 9.17) is 11.5 Å². The van der Waals surface area contributed by atoms with Gasteiger partial charge in [-0.2, -0.15) is 13.2 Å². The molecule has 0 aliphatic heterocycles. The van der Waals surface area contributed by atoms with Gasteiger partial charge in [0.05, 0.1) is 5.57 Å². The molecule has 0 aromatic carbocycles. The Morgan fingerprint density at radius 1 is 1.42 bits per heavy atom. The number of allylic oxidation sites excluding steroid dienone is 2. The standard InChI is InChI=1S/C7H9F3N2/c8-7(9,10)4-1-5(11)3-6(12)2-4/h1-2,5H,3,11-12H2. The Kier molecular flexibility index (Phi) is 2.14. The molecular formula is C7H9F3N2. The van der Waals surface area contributed by atoms with Crippen molar-refractivity contribution in [3.05, 3.63) is 23.4 Å². The molecule has 0 saturated heterocycles. The van der Waals surface area contributed by atoms with Crippen molar-refractivity contribution < 1.29 is 13.2 Å². The van der Waals surface area contributed by atoms with E-state index in [1.165, 1.54) is 0 Å². The van der Waals surface area contributed by atoms with Crippen LogP contribution in [0.3, 0.4) is 0 Å². The van der Waals surface area contributed by atoms with Gasteiger partial charge in [0.15, 0.2) is 0 Å². The lowest BCUT2D eigenvalue weighted by atomic mass is 10.0. The molecule has 0 spiro atoms. The summed E-state index contributed by atoms with van der Waals surface area (Å²) in [7, 11) is 0. The van der Waals surface area contributed by atoms with E-state index in [0.717, 1.165) is 12.2 Å². The van der Waals surface area contributed by atoms with Gasteiger partial charge >= 0.3 is 6.18 Å². The normalized spacial score (nSPS) is 24.8. The van der Waals surface area contributed by atoms with Gasteiger partial charge in [0.2, 0.25) is 0 Å². The van der Waals surface area contributed by atoms with E-state index >= 15 is 0 Å². The molecule has 4 N–H and O–H groups in total. The molecule has 1 rings (SSSR count). The van der Waals surface area contributed by atoms with Crippen molar-refractivity contribution >= 4 is 0 Å². The van der Waals surface area contributed by atoms with E-state index in [0.29, 0.717) is 6.42 Å². The number of alkyl halides is 3. The van der Waals surface area contributed by atoms with Gasteiger partial charge in [-0.1, -0.05) is 6.08 Å². The zero-order chi connectivity index (χ0) is 9.35. The smallest absolute Gasteiger partial charge is 0.402 e. The first-order valence-electron chi connectivity index (χ1n) is 3.40. The highest BCUT2D eigenvalue weighted by Crippen LogP contribution is 2.29. The van der Waals surface area contributed by atoms with E-state index in [1.54, 1.807) is 0 Å². The number of hydrogen-bond acceptors (Lipinski definition) is 2. The van der Waals surface area contributed by atoms with Crippen LogP contribution in [0.4, 0.5) is 13.2 Å². The van der Waals surface area contributed by atoms with Gasteiger partial charge in [-0.15, -0.1) is 0 Å². The Morgan fingerprint density at radius 3 is 2.42 bits per heavy atom. The average Bonchev–Trinajstić information content (AvgIpc) is 1.82. The Labute approximate surface area is 67.7 Å². The summed E-state index contributed by atoms with van der Waals surface area (Å²) in [6, 6.07) is -0.619. The summed E-state index contributed by atoms with van der Waals surface area (Å²) >= 11 is 0. The molecule has 0 saturated carbocycles. The highest BCUT2D eigenvalue weighted by Gasteiger charge is 2.33. The molecule has 0 heterocycles. The van der Waals surface area contributed by atoms with Crippen molar-refractivity contribution in [1.29, 1.82) is 0 Å². The van der Waals surface area contributed by atoms with E-state index in [-0.39, 0.29) is 5.70 Å². The summed E-state index contributed by atoms with van der Waals surface area (Å²) in [4.78, 5) is 0. The lowest BCUT2D eigenvalue weighted by Gasteiger charge is -2.17. The van der Waals surface area contributed by atoms with Crippen molar-refractivity contribution in [3.8, 4) is 0 Å². The van der Waals surface area contributed by atoms with Crippen LogP contribution < -0.4 is 11.5 Å². The molecule has 0 radical (unpaired) electrons. The van der Waals surface area contributed by atoms with Crippen molar-refractivity contribution in [3.63, 3.8) is 0 Å². The number of hydrogen-bond donors (Lipinski definition) is 2. The predicted octanol–water partition coefficient (Wildman–Crippen LogP) is 1.05. The molecule has 0 bridgehead atoms. The van der Waals surface area contributed by atoms with Crippen molar-refractivity contribution in [1.82, 2.24) is 0 Å². The molecular weight excluding hydrogens is 169 g/mol. The molecule has 1 atom stereocenters. The Morgan fingerprint density at radius 2 is 2.00 bits per heavy atom. The molecule has 0 amide bonds. The second kappa shape index (κ2) is 2.82. The molecule has 68 valence electrons. The second-order valence-corrected chi connectivity index (χ2v) is 2.71. The first-order valence-corrected chi connectivity index (χ1v) is 3.40. The number of rotatable bonds is 0. The molecule has 1 aliphatic rings. The quantitative estimate of drug-likeness (QED) is 0.582. The Bertz CT molecular complexity index is 240. The third kappa shape index (κ3) is 2.01. The van der Waals surface area contributed by atoms with Crippen LogP contribution in [0.25, 0.3) is 0 Å². The summed E-state index contributed by atoms with van der Waals surface area (Å²) in [5.41, 5.74) is 9.99. The largest absolute Gasteiger partial charge is 0.416 e. The monoisotopic (exact) mass is 178 g/mol. The predicted molar refractivity (Wildman–Crippen MR) is 39.0 cm³/mol. The maximum atomic E-state index is 12.1. The van der Waals surface area contributed by atoms with Crippen LogP contribution in [0.1, 0.15) is 6.42 Å². The Balaban J connectivity index is 2.91. The van der Waals surface area contributed by atoms with E-state index in [1.807, 2.05) is 0 Å². The van der Waals surface area contributed by atoms with Crippen molar-refractivity contribution in [2.75, 3.05) is 0 Å². The molecule has 5 heteroatoms. The zero-order valence-electron chi connectivity index (χ0n) is 6.23. The molecule has 2 nitrogen and oxygen atoms in total. The minimum atomic E-state index is -4.34. The number of halogens is 3. The van der Waals surface area contributed by atoms with Crippen LogP contribution in [-0.2, 0) is 0 Å². The van der Waals surface area contributed by atoms with E-state index in [2.05, 4.69) is 0 Å². The SMILES string of the molecule is NC1=CC(C(F)(F)F)=CC(N)C1.